The second kappa shape index (κ2) is 7.00. The molecule has 5 nitrogen and oxygen atoms in total. The van der Waals surface area contributed by atoms with E-state index in [1.54, 1.807) is 6.20 Å². The molecule has 0 spiro atoms. The maximum absolute atomic E-state index is 12.1. The van der Waals surface area contributed by atoms with Gasteiger partial charge in [-0.2, -0.15) is 0 Å². The molecule has 2 aromatic rings. The molecule has 1 heterocycles. The summed E-state index contributed by atoms with van der Waals surface area (Å²) in [7, 11) is 0. The summed E-state index contributed by atoms with van der Waals surface area (Å²) >= 11 is 6.65. The minimum Gasteiger partial charge on any atom is -0.308 e. The van der Waals surface area contributed by atoms with Crippen LogP contribution in [0.1, 0.15) is 11.5 Å². The highest BCUT2D eigenvalue weighted by molar-refractivity contribution is 9.10. The number of nitro groups is 1. The zero-order valence-corrected chi connectivity index (χ0v) is 14.1. The molecule has 0 aliphatic carbocycles. The number of pyridine rings is 1. The molecule has 0 amide bonds. The molecule has 0 aliphatic heterocycles. The van der Waals surface area contributed by atoms with Gasteiger partial charge in [0, 0.05) is 34.5 Å². The van der Waals surface area contributed by atoms with Gasteiger partial charge >= 0.3 is 11.2 Å². The summed E-state index contributed by atoms with van der Waals surface area (Å²) in [5, 5.41) is 11.6. The summed E-state index contributed by atoms with van der Waals surface area (Å²) in [6.45, 7) is 0.369. The first-order chi connectivity index (χ1) is 10.0. The van der Waals surface area contributed by atoms with Gasteiger partial charge in [-0.1, -0.05) is 46.3 Å². The van der Waals surface area contributed by atoms with E-state index in [-0.39, 0.29) is 5.92 Å². The largest absolute Gasteiger partial charge is 0.335 e. The molecule has 2 rings (SSSR count). The Bertz CT molecular complexity index is 701. The molecule has 0 saturated heterocycles. The van der Waals surface area contributed by atoms with Crippen molar-refractivity contribution >= 4 is 37.5 Å². The lowest BCUT2D eigenvalue weighted by atomic mass is 10.0. The topological polar surface area (TPSA) is 65.1 Å². The average molecular weight is 416 g/mol. The lowest BCUT2D eigenvalue weighted by molar-refractivity contribution is -0.386. The third-order valence-corrected chi connectivity index (χ3v) is 4.32. The highest BCUT2D eigenvalue weighted by atomic mass is 79.9. The smallest absolute Gasteiger partial charge is 0.308 e. The number of hydrogen-bond acceptors (Lipinski definition) is 3. The first-order valence-corrected chi connectivity index (χ1v) is 8.09. The highest BCUT2D eigenvalue weighted by Gasteiger charge is 2.18. The fourth-order valence-corrected chi connectivity index (χ4v) is 3.10. The molecule has 0 N–H and O–H groups in total. The third kappa shape index (κ3) is 3.79. The Morgan fingerprint density at radius 2 is 1.95 bits per heavy atom. The van der Waals surface area contributed by atoms with Crippen LogP contribution in [-0.4, -0.2) is 14.8 Å². The van der Waals surface area contributed by atoms with Crippen molar-refractivity contribution in [2.45, 2.75) is 12.5 Å². The monoisotopic (exact) mass is 414 g/mol. The Morgan fingerprint density at radius 3 is 2.52 bits per heavy atom. The molecule has 1 aromatic heterocycles. The van der Waals surface area contributed by atoms with Gasteiger partial charge in [-0.05, 0) is 21.5 Å². The van der Waals surface area contributed by atoms with E-state index in [2.05, 4.69) is 31.9 Å². The van der Waals surface area contributed by atoms with Crippen LogP contribution in [0.25, 0.3) is 0 Å². The van der Waals surface area contributed by atoms with Crippen molar-refractivity contribution in [3.63, 3.8) is 0 Å². The Labute approximate surface area is 138 Å². The molecular formula is C14H12Br2N2O3. The summed E-state index contributed by atoms with van der Waals surface area (Å²) in [6.07, 6.45) is 1.58. The Morgan fingerprint density at radius 1 is 1.29 bits per heavy atom. The highest BCUT2D eigenvalue weighted by Crippen LogP contribution is 2.21. The number of benzene rings is 1. The zero-order valence-electron chi connectivity index (χ0n) is 10.9. The predicted molar refractivity (Wildman–Crippen MR) is 88.0 cm³/mol. The molecule has 0 fully saturated rings. The number of alkyl halides is 1. The maximum Gasteiger partial charge on any atom is 0.335 e. The second-order valence-corrected chi connectivity index (χ2v) is 6.08. The molecule has 1 unspecified atom stereocenters. The van der Waals surface area contributed by atoms with Gasteiger partial charge in [0.15, 0.2) is 0 Å². The van der Waals surface area contributed by atoms with Gasteiger partial charge in [-0.3, -0.25) is 14.9 Å². The van der Waals surface area contributed by atoms with E-state index in [4.69, 9.17) is 0 Å². The molecule has 0 bridgehead atoms. The molecule has 110 valence electrons. The lowest BCUT2D eigenvalue weighted by Gasteiger charge is -2.16. The fraction of sp³-hybridized carbons (Fsp3) is 0.214. The van der Waals surface area contributed by atoms with Gasteiger partial charge in [0.05, 0.1) is 4.92 Å². The van der Waals surface area contributed by atoms with Gasteiger partial charge in [-0.25, -0.2) is 0 Å². The van der Waals surface area contributed by atoms with Crippen LogP contribution in [0.5, 0.6) is 0 Å². The molecular weight excluding hydrogens is 404 g/mol. The predicted octanol–water partition coefficient (Wildman–Crippen LogP) is 3.70. The van der Waals surface area contributed by atoms with Crippen LogP contribution >= 0.6 is 31.9 Å². The Kier molecular flexibility index (Phi) is 5.30. The minimum absolute atomic E-state index is 0.0535. The summed E-state index contributed by atoms with van der Waals surface area (Å²) in [4.78, 5) is 22.4. The van der Waals surface area contributed by atoms with E-state index in [0.29, 0.717) is 16.3 Å². The van der Waals surface area contributed by atoms with Gasteiger partial charge < -0.3 is 4.57 Å². The van der Waals surface area contributed by atoms with Crippen LogP contribution in [0, 0.1) is 10.1 Å². The average Bonchev–Trinajstić information content (AvgIpc) is 2.48. The molecule has 0 radical (unpaired) electrons. The minimum atomic E-state index is -0.657. The van der Waals surface area contributed by atoms with Gasteiger partial charge in [0.1, 0.15) is 0 Å². The molecule has 21 heavy (non-hydrogen) atoms. The number of rotatable bonds is 5. The summed E-state index contributed by atoms with van der Waals surface area (Å²) in [6, 6.07) is 11.0. The van der Waals surface area contributed by atoms with E-state index < -0.39 is 16.2 Å². The van der Waals surface area contributed by atoms with Crippen molar-refractivity contribution < 1.29 is 4.92 Å². The number of aromatic nitrogens is 1. The summed E-state index contributed by atoms with van der Waals surface area (Å²) in [5.41, 5.74) is 0.0553. The quantitative estimate of drug-likeness (QED) is 0.424. The second-order valence-electron chi connectivity index (χ2n) is 4.52. The van der Waals surface area contributed by atoms with Crippen molar-refractivity contribution in [1.29, 1.82) is 0 Å². The van der Waals surface area contributed by atoms with E-state index in [1.165, 1.54) is 10.6 Å². The van der Waals surface area contributed by atoms with Crippen LogP contribution in [0.3, 0.4) is 0 Å². The van der Waals surface area contributed by atoms with Crippen molar-refractivity contribution in [1.82, 2.24) is 4.57 Å². The summed E-state index contributed by atoms with van der Waals surface area (Å²) in [5.74, 6) is 0.0535. The number of nitrogens with zero attached hydrogens (tertiary/aromatic N) is 2. The first kappa shape index (κ1) is 15.9. The fourth-order valence-electron chi connectivity index (χ4n) is 2.06. The van der Waals surface area contributed by atoms with Crippen LogP contribution in [0.4, 0.5) is 5.69 Å². The van der Waals surface area contributed by atoms with Crippen LogP contribution in [0.2, 0.25) is 0 Å². The normalized spacial score (nSPS) is 12.1. The van der Waals surface area contributed by atoms with Crippen LogP contribution in [0.15, 0.2) is 51.9 Å². The Balaban J connectivity index is 2.39. The molecule has 1 atom stereocenters. The maximum atomic E-state index is 12.1. The third-order valence-electron chi connectivity index (χ3n) is 3.10. The summed E-state index contributed by atoms with van der Waals surface area (Å²) < 4.78 is 1.89. The van der Waals surface area contributed by atoms with E-state index >= 15 is 0 Å². The Hall–Kier alpha value is -1.47. The number of hydrogen-bond donors (Lipinski definition) is 0. The molecule has 7 heteroatoms. The van der Waals surface area contributed by atoms with Crippen LogP contribution < -0.4 is 5.56 Å². The SMILES string of the molecule is O=c1c([N+](=O)[O-])cc(Br)cn1CC(CBr)c1ccccc1. The van der Waals surface area contributed by atoms with E-state index in [9.17, 15) is 14.9 Å². The standard InChI is InChI=1S/C14H12Br2N2O3/c15-7-11(10-4-2-1-3-5-10)8-17-9-12(16)6-13(14(17)19)18(20)21/h1-6,9,11H,7-8H2. The van der Waals surface area contributed by atoms with Crippen molar-refractivity contribution in [2.75, 3.05) is 5.33 Å². The molecule has 0 aliphatic rings. The van der Waals surface area contributed by atoms with E-state index in [1.807, 2.05) is 30.3 Å². The first-order valence-electron chi connectivity index (χ1n) is 6.18. The van der Waals surface area contributed by atoms with Crippen molar-refractivity contribution in [3.8, 4) is 0 Å². The van der Waals surface area contributed by atoms with Gasteiger partial charge in [0.25, 0.3) is 0 Å². The number of halogens is 2. The van der Waals surface area contributed by atoms with Gasteiger partial charge in [0.2, 0.25) is 0 Å². The van der Waals surface area contributed by atoms with Crippen molar-refractivity contribution in [3.05, 3.63) is 73.1 Å². The van der Waals surface area contributed by atoms with Crippen molar-refractivity contribution in [2.24, 2.45) is 0 Å². The lowest BCUT2D eigenvalue weighted by Crippen LogP contribution is -2.25. The molecule has 0 saturated carbocycles. The molecule has 1 aromatic carbocycles. The van der Waals surface area contributed by atoms with Crippen LogP contribution in [-0.2, 0) is 6.54 Å². The van der Waals surface area contributed by atoms with E-state index in [0.717, 1.165) is 5.56 Å². The van der Waals surface area contributed by atoms with Gasteiger partial charge in [-0.15, -0.1) is 0 Å². The zero-order chi connectivity index (χ0) is 15.4.